The zero-order valence-electron chi connectivity index (χ0n) is 12.1. The van der Waals surface area contributed by atoms with Crippen LogP contribution in [-0.2, 0) is 5.41 Å². The van der Waals surface area contributed by atoms with Gasteiger partial charge in [-0.05, 0) is 18.8 Å². The Balaban J connectivity index is 2.35. The number of hydrogen-bond acceptors (Lipinski definition) is 4. The molecule has 1 saturated heterocycles. The predicted octanol–water partition coefficient (Wildman–Crippen LogP) is 3.38. The molecule has 0 bridgehead atoms. The van der Waals surface area contributed by atoms with E-state index in [0.717, 1.165) is 24.6 Å². The third-order valence-corrected chi connectivity index (χ3v) is 4.55. The Morgan fingerprint density at radius 3 is 2.63 bits per heavy atom. The highest BCUT2D eigenvalue weighted by Gasteiger charge is 2.29. The van der Waals surface area contributed by atoms with Crippen molar-refractivity contribution in [1.29, 1.82) is 0 Å². The Bertz CT molecular complexity index is 476. The van der Waals surface area contributed by atoms with E-state index < -0.39 is 5.97 Å². The summed E-state index contributed by atoms with van der Waals surface area (Å²) in [6.07, 6.45) is 2.41. The Morgan fingerprint density at radius 1 is 1.47 bits per heavy atom. The number of carboxylic acid groups (broad SMARTS) is 1. The summed E-state index contributed by atoms with van der Waals surface area (Å²) in [4.78, 5) is 18.6. The van der Waals surface area contributed by atoms with E-state index in [0.29, 0.717) is 16.5 Å². The number of hydrogen-bond donors (Lipinski definition) is 1. The molecule has 19 heavy (non-hydrogen) atoms. The number of aromatic nitrogens is 1. The predicted molar refractivity (Wildman–Crippen MR) is 78.4 cm³/mol. The van der Waals surface area contributed by atoms with Crippen LogP contribution in [0.1, 0.15) is 55.9 Å². The van der Waals surface area contributed by atoms with Crippen LogP contribution in [0.2, 0.25) is 0 Å². The van der Waals surface area contributed by atoms with Crippen molar-refractivity contribution in [1.82, 2.24) is 4.98 Å². The molecule has 1 fully saturated rings. The monoisotopic (exact) mass is 282 g/mol. The Morgan fingerprint density at radius 2 is 2.16 bits per heavy atom. The van der Waals surface area contributed by atoms with E-state index in [9.17, 15) is 9.90 Å². The van der Waals surface area contributed by atoms with Gasteiger partial charge >= 0.3 is 5.97 Å². The molecular formula is C14H22N2O2S. The first-order valence-corrected chi connectivity index (χ1v) is 7.60. The lowest BCUT2D eigenvalue weighted by atomic mass is 9.91. The lowest BCUT2D eigenvalue weighted by Crippen LogP contribution is -2.34. The van der Waals surface area contributed by atoms with Crippen molar-refractivity contribution < 1.29 is 9.90 Å². The van der Waals surface area contributed by atoms with Gasteiger partial charge < -0.3 is 10.0 Å². The quantitative estimate of drug-likeness (QED) is 0.903. The minimum Gasteiger partial charge on any atom is -0.477 e. The third-order valence-electron chi connectivity index (χ3n) is 3.45. The molecule has 1 N–H and O–H groups in total. The number of rotatable bonds is 2. The molecule has 4 nitrogen and oxygen atoms in total. The van der Waals surface area contributed by atoms with E-state index in [1.807, 2.05) is 20.8 Å². The molecule has 0 spiro atoms. The lowest BCUT2D eigenvalue weighted by Gasteiger charge is -2.30. The topological polar surface area (TPSA) is 53.4 Å². The maximum Gasteiger partial charge on any atom is 0.347 e. The normalized spacial score (nSPS) is 20.6. The van der Waals surface area contributed by atoms with E-state index in [4.69, 9.17) is 0 Å². The third kappa shape index (κ3) is 3.08. The molecule has 0 amide bonds. The summed E-state index contributed by atoms with van der Waals surface area (Å²) < 4.78 is 0. The molecule has 1 aliphatic rings. The number of carbonyl (C=O) groups is 1. The molecule has 1 aromatic rings. The standard InChI is InChI=1S/C14H22N2O2S/c1-9-6-5-7-16(8-9)13-15-11(14(2,3)4)10(19-13)12(17)18/h9H,5-8H2,1-4H3,(H,17,18). The molecular weight excluding hydrogens is 260 g/mol. The van der Waals surface area contributed by atoms with Crippen LogP contribution >= 0.6 is 11.3 Å². The van der Waals surface area contributed by atoms with Gasteiger partial charge in [-0.2, -0.15) is 0 Å². The SMILES string of the molecule is CC1CCCN(c2nc(C(C)(C)C)c(C(=O)O)s2)C1. The number of aromatic carboxylic acids is 1. The van der Waals surface area contributed by atoms with Crippen molar-refractivity contribution in [3.8, 4) is 0 Å². The molecule has 2 rings (SSSR count). The van der Waals surface area contributed by atoms with Crippen LogP contribution in [0.15, 0.2) is 0 Å². The van der Waals surface area contributed by atoms with Gasteiger partial charge in [0.1, 0.15) is 4.88 Å². The van der Waals surface area contributed by atoms with Crippen molar-refractivity contribution in [2.24, 2.45) is 5.92 Å². The molecule has 0 radical (unpaired) electrons. The van der Waals surface area contributed by atoms with E-state index in [2.05, 4.69) is 16.8 Å². The van der Waals surface area contributed by atoms with Gasteiger partial charge in [-0.25, -0.2) is 9.78 Å². The van der Waals surface area contributed by atoms with Gasteiger partial charge in [0.05, 0.1) is 5.69 Å². The van der Waals surface area contributed by atoms with Gasteiger partial charge in [-0.3, -0.25) is 0 Å². The van der Waals surface area contributed by atoms with Crippen molar-refractivity contribution >= 4 is 22.4 Å². The van der Waals surface area contributed by atoms with Gasteiger partial charge in [-0.1, -0.05) is 39.0 Å². The summed E-state index contributed by atoms with van der Waals surface area (Å²) in [7, 11) is 0. The van der Waals surface area contributed by atoms with E-state index >= 15 is 0 Å². The molecule has 106 valence electrons. The molecule has 1 atom stereocenters. The van der Waals surface area contributed by atoms with Crippen LogP contribution in [0.4, 0.5) is 5.13 Å². The maximum absolute atomic E-state index is 11.4. The summed E-state index contributed by atoms with van der Waals surface area (Å²) in [5.41, 5.74) is 0.474. The first kappa shape index (κ1) is 14.3. The largest absolute Gasteiger partial charge is 0.477 e. The van der Waals surface area contributed by atoms with Crippen molar-refractivity contribution in [3.05, 3.63) is 10.6 Å². The molecule has 2 heterocycles. The molecule has 1 aromatic heterocycles. The van der Waals surface area contributed by atoms with E-state index in [-0.39, 0.29) is 5.41 Å². The van der Waals surface area contributed by atoms with Crippen LogP contribution in [0, 0.1) is 5.92 Å². The van der Waals surface area contributed by atoms with Gasteiger partial charge in [0.2, 0.25) is 0 Å². The molecule has 5 heteroatoms. The van der Waals surface area contributed by atoms with Crippen LogP contribution < -0.4 is 4.90 Å². The molecule has 1 aliphatic heterocycles. The number of piperidine rings is 1. The summed E-state index contributed by atoms with van der Waals surface area (Å²) >= 11 is 1.32. The fraction of sp³-hybridized carbons (Fsp3) is 0.714. The number of thiazole rings is 1. The van der Waals surface area contributed by atoms with Crippen molar-refractivity contribution in [3.63, 3.8) is 0 Å². The highest BCUT2D eigenvalue weighted by molar-refractivity contribution is 7.17. The fourth-order valence-electron chi connectivity index (χ4n) is 2.46. The minimum atomic E-state index is -0.862. The molecule has 0 saturated carbocycles. The van der Waals surface area contributed by atoms with Gasteiger partial charge in [0, 0.05) is 18.5 Å². The van der Waals surface area contributed by atoms with E-state index in [1.165, 1.54) is 17.8 Å². The first-order chi connectivity index (χ1) is 8.79. The summed E-state index contributed by atoms with van der Waals surface area (Å²) in [6.45, 7) is 10.2. The van der Waals surface area contributed by atoms with Crippen LogP contribution in [0.3, 0.4) is 0 Å². The van der Waals surface area contributed by atoms with Crippen LogP contribution in [0.25, 0.3) is 0 Å². The summed E-state index contributed by atoms with van der Waals surface area (Å²) in [5, 5.41) is 10.2. The van der Waals surface area contributed by atoms with Gasteiger partial charge in [0.25, 0.3) is 0 Å². The highest BCUT2D eigenvalue weighted by Crippen LogP contribution is 2.35. The van der Waals surface area contributed by atoms with E-state index in [1.54, 1.807) is 0 Å². The van der Waals surface area contributed by atoms with Crippen LogP contribution in [-0.4, -0.2) is 29.1 Å². The van der Waals surface area contributed by atoms with Crippen molar-refractivity contribution in [2.75, 3.05) is 18.0 Å². The minimum absolute atomic E-state index is 0.232. The Labute approximate surface area is 118 Å². The van der Waals surface area contributed by atoms with Gasteiger partial charge in [-0.15, -0.1) is 0 Å². The fourth-order valence-corrected chi connectivity index (χ4v) is 3.61. The number of nitrogens with zero attached hydrogens (tertiary/aromatic N) is 2. The Kier molecular flexibility index (Phi) is 3.85. The first-order valence-electron chi connectivity index (χ1n) is 6.78. The molecule has 0 aromatic carbocycles. The smallest absolute Gasteiger partial charge is 0.347 e. The zero-order valence-corrected chi connectivity index (χ0v) is 12.9. The highest BCUT2D eigenvalue weighted by atomic mass is 32.1. The second-order valence-corrected chi connectivity index (χ2v) is 7.40. The summed E-state index contributed by atoms with van der Waals surface area (Å²) in [6, 6.07) is 0. The van der Waals surface area contributed by atoms with Gasteiger partial charge in [0.15, 0.2) is 5.13 Å². The average Bonchev–Trinajstić information content (AvgIpc) is 2.73. The lowest BCUT2D eigenvalue weighted by molar-refractivity contribution is 0.0699. The average molecular weight is 282 g/mol. The second-order valence-electron chi connectivity index (χ2n) is 6.42. The zero-order chi connectivity index (χ0) is 14.2. The summed E-state index contributed by atoms with van der Waals surface area (Å²) in [5.74, 6) is -0.206. The Hall–Kier alpha value is -1.10. The second kappa shape index (κ2) is 5.12. The maximum atomic E-state index is 11.4. The number of anilines is 1. The van der Waals surface area contributed by atoms with Crippen molar-refractivity contribution in [2.45, 2.75) is 46.0 Å². The number of carboxylic acids is 1. The molecule has 1 unspecified atom stereocenters. The molecule has 0 aliphatic carbocycles. The van der Waals surface area contributed by atoms with Crippen LogP contribution in [0.5, 0.6) is 0 Å².